The number of aromatic nitrogens is 6. The van der Waals surface area contributed by atoms with E-state index in [0.29, 0.717) is 0 Å². The van der Waals surface area contributed by atoms with Crippen molar-refractivity contribution < 1.29 is 0 Å². The zero-order chi connectivity index (χ0) is 80.7. The molecule has 0 N–H and O–H groups in total. The second-order valence-corrected chi connectivity index (χ2v) is 32.7. The average molecular weight is 1560 g/mol. The third-order valence-electron chi connectivity index (χ3n) is 26.0. The van der Waals surface area contributed by atoms with Gasteiger partial charge in [-0.3, -0.25) is 13.7 Å². The molecule has 3 heterocycles. The minimum atomic E-state index is 0.200. The number of rotatable bonds is 14. The van der Waals surface area contributed by atoms with E-state index < -0.39 is 0 Å². The number of fused-ring (bicyclic) bond motifs is 7. The van der Waals surface area contributed by atoms with E-state index in [1.54, 1.807) is 0 Å². The number of allylic oxidation sites excluding steroid dienone is 14. The maximum Gasteiger partial charge on any atom is 0.146 e. The first-order valence-corrected chi connectivity index (χ1v) is 42.4. The predicted octanol–water partition coefficient (Wildman–Crippen LogP) is 29.9. The van der Waals surface area contributed by atoms with Gasteiger partial charge in [-0.1, -0.05) is 376 Å². The van der Waals surface area contributed by atoms with Crippen LogP contribution in [0.2, 0.25) is 0 Å². The molecular formula is C117H74N6. The molecule has 4 aliphatic carbocycles. The van der Waals surface area contributed by atoms with Crippen LogP contribution < -0.4 is 0 Å². The van der Waals surface area contributed by atoms with Gasteiger partial charge in [0.1, 0.15) is 17.5 Å². The largest absolute Gasteiger partial charge is 0.292 e. The third kappa shape index (κ3) is 11.2. The van der Waals surface area contributed by atoms with Crippen molar-refractivity contribution >= 4 is 81.0 Å². The van der Waals surface area contributed by atoms with E-state index in [2.05, 4.69) is 451 Å². The zero-order valence-electron chi connectivity index (χ0n) is 66.9. The number of hydrogen-bond donors (Lipinski definition) is 0. The molecule has 3 aromatic heterocycles. The van der Waals surface area contributed by atoms with Gasteiger partial charge in [0.15, 0.2) is 0 Å². The summed E-state index contributed by atoms with van der Waals surface area (Å²) in [6.07, 6.45) is 20.7. The molecule has 0 bridgehead atoms. The highest BCUT2D eigenvalue weighted by atomic mass is 15.1. The van der Waals surface area contributed by atoms with Crippen molar-refractivity contribution in [3.63, 3.8) is 0 Å². The molecule has 6 heteroatoms. The van der Waals surface area contributed by atoms with E-state index in [1.165, 1.54) is 86.9 Å². The number of para-hydroxylation sites is 3. The number of imidazole rings is 3. The van der Waals surface area contributed by atoms with E-state index in [4.69, 9.17) is 15.0 Å². The lowest BCUT2D eigenvalue weighted by molar-refractivity contribution is 0.565. The summed E-state index contributed by atoms with van der Waals surface area (Å²) in [5.74, 6) is 3.14. The normalized spacial score (nSPS) is 14.7. The molecule has 4 aliphatic rings. The molecule has 0 fully saturated rings. The minimum absolute atomic E-state index is 0.200. The Morgan fingerprint density at radius 2 is 0.618 bits per heavy atom. The molecule has 6 nitrogen and oxygen atoms in total. The fourth-order valence-corrected chi connectivity index (χ4v) is 20.6. The van der Waals surface area contributed by atoms with Gasteiger partial charge in [0.05, 0.1) is 34.2 Å². The van der Waals surface area contributed by atoms with E-state index in [0.717, 1.165) is 152 Å². The first kappa shape index (κ1) is 69.9. The van der Waals surface area contributed by atoms with Gasteiger partial charge in [-0.05, 0) is 181 Å². The summed E-state index contributed by atoms with van der Waals surface area (Å²) in [6, 6.07) is 140. The second kappa shape index (κ2) is 28.3. The van der Waals surface area contributed by atoms with Crippen LogP contribution in [0.15, 0.2) is 459 Å². The van der Waals surface area contributed by atoms with Gasteiger partial charge in [-0.2, -0.15) is 0 Å². The van der Waals surface area contributed by atoms with E-state index in [9.17, 15) is 0 Å². The van der Waals surface area contributed by atoms with Gasteiger partial charge in [-0.25, -0.2) is 15.0 Å². The van der Waals surface area contributed by atoms with Crippen LogP contribution in [0.25, 0.3) is 211 Å². The summed E-state index contributed by atoms with van der Waals surface area (Å²) >= 11 is 0. The quantitative estimate of drug-likeness (QED) is 0.0805. The van der Waals surface area contributed by atoms with Crippen LogP contribution in [0.5, 0.6) is 0 Å². The number of hydrogen-bond acceptors (Lipinski definition) is 3. The summed E-state index contributed by atoms with van der Waals surface area (Å²) in [6.45, 7) is 0. The molecule has 0 saturated carbocycles. The summed E-state index contributed by atoms with van der Waals surface area (Å²) in [7, 11) is 0. The second-order valence-electron chi connectivity index (χ2n) is 32.7. The Hall–Kier alpha value is -16.2. The number of nitrogens with zero attached hydrogens (tertiary/aromatic N) is 6. The Balaban J connectivity index is 0.618. The van der Waals surface area contributed by atoms with Gasteiger partial charge in [-0.15, -0.1) is 0 Å². The fourth-order valence-electron chi connectivity index (χ4n) is 20.6. The molecule has 25 rings (SSSR count). The fraction of sp³-hybridized carbons (Fsp3) is 0.0171. The van der Waals surface area contributed by atoms with Crippen molar-refractivity contribution in [2.24, 2.45) is 11.8 Å². The van der Waals surface area contributed by atoms with E-state index in [-0.39, 0.29) is 11.8 Å². The standard InChI is InChI=1S/C117H74N6/c1-8-28-78(29-9-1)109-112(81-34-14-4-15-35-81)123(88-43-20-7-21-44-88)117(120-109)104-72-102-91-48-26-47-89(93(91)66-67-94(102)90-45-22-23-46-92(90)104)74-54-60-83(61-55-74)114-111(80-32-12-3-13-33-80)119-116(122(114)87-41-18-6-19-42-87)101-69-68-98-95-49-25-38-84-70-85(71-103(106(84)95)97-51-27-50-96(101)108(97)98)73-52-58-82(59-53-73)113-110(79-30-10-2-11-31-79)118-115(121(113)86-39-16-5-17-40-86)100-65-63-77-57-56-75-36-24-37-76-62-64-99(100)107(77)105(75)76/h1-72,105,107H. The molecule has 0 radical (unpaired) electrons. The van der Waals surface area contributed by atoms with Crippen LogP contribution in [0.1, 0.15) is 5.82 Å². The van der Waals surface area contributed by atoms with Gasteiger partial charge in [0.25, 0.3) is 0 Å². The molecule has 2 unspecified atom stereocenters. The first-order chi connectivity index (χ1) is 61.0. The lowest BCUT2D eigenvalue weighted by Gasteiger charge is -2.40. The van der Waals surface area contributed by atoms with Crippen molar-refractivity contribution in [2.75, 3.05) is 0 Å². The van der Waals surface area contributed by atoms with Crippen LogP contribution in [-0.4, -0.2) is 28.7 Å². The molecular weight excluding hydrogens is 1490 g/mol. The summed E-state index contributed by atoms with van der Waals surface area (Å²) in [5.41, 5.74) is 28.5. The molecule has 0 aliphatic heterocycles. The summed E-state index contributed by atoms with van der Waals surface area (Å²) in [4.78, 5) is 17.5. The highest BCUT2D eigenvalue weighted by molar-refractivity contribution is 6.35. The van der Waals surface area contributed by atoms with Crippen molar-refractivity contribution in [1.29, 1.82) is 0 Å². The Kier molecular flexibility index (Phi) is 16.1. The molecule has 123 heavy (non-hydrogen) atoms. The van der Waals surface area contributed by atoms with E-state index in [1.807, 2.05) is 0 Å². The Morgan fingerprint density at radius 3 is 1.23 bits per heavy atom. The monoisotopic (exact) mass is 1560 g/mol. The molecule has 2 atom stereocenters. The smallest absolute Gasteiger partial charge is 0.146 e. The van der Waals surface area contributed by atoms with Crippen molar-refractivity contribution in [3.05, 3.63) is 465 Å². The lowest BCUT2D eigenvalue weighted by atomic mass is 9.63. The average Bonchev–Trinajstić information content (AvgIpc) is 1.48. The van der Waals surface area contributed by atoms with Crippen LogP contribution in [0, 0.1) is 11.8 Å². The molecule has 0 amide bonds. The third-order valence-corrected chi connectivity index (χ3v) is 26.0. The number of benzene rings is 18. The van der Waals surface area contributed by atoms with Gasteiger partial charge >= 0.3 is 0 Å². The predicted molar refractivity (Wildman–Crippen MR) is 511 cm³/mol. The van der Waals surface area contributed by atoms with Gasteiger partial charge in [0, 0.05) is 79.0 Å². The van der Waals surface area contributed by atoms with Crippen LogP contribution in [0.3, 0.4) is 0 Å². The molecule has 21 aromatic rings. The maximum absolute atomic E-state index is 5.93. The first-order valence-electron chi connectivity index (χ1n) is 42.4. The molecule has 572 valence electrons. The van der Waals surface area contributed by atoms with Gasteiger partial charge in [0.2, 0.25) is 0 Å². The van der Waals surface area contributed by atoms with Crippen molar-refractivity contribution in [1.82, 2.24) is 28.7 Å². The van der Waals surface area contributed by atoms with Crippen LogP contribution in [-0.2, 0) is 0 Å². The Morgan fingerprint density at radius 1 is 0.211 bits per heavy atom. The summed E-state index contributed by atoms with van der Waals surface area (Å²) < 4.78 is 7.19. The van der Waals surface area contributed by atoms with Crippen molar-refractivity contribution in [3.8, 4) is 130 Å². The van der Waals surface area contributed by atoms with Gasteiger partial charge < -0.3 is 0 Å². The SMILES string of the molecule is C1=CC2=CC=C3C=CC(c4nc(-c5ccccc5)c(-c5ccc(-c6cc7cccc8c9ccc(-c%10nc(-c%11ccccc%11)c(-c%11ccc(-c%12cccc%13c%12ccc%12c%14ccccc%14c(-c%14nc(-c%15ccccc%15)c(-c%15ccccc%15)n%14-c%14ccccc%14)cc%13%12)cc%11)n%10-c%10ccccc%10)c%10cccc(c(c6)c78)c%109)cc5)n4-c4ccccc4)=C4C=CC(=C1)C2C34. The highest BCUT2D eigenvalue weighted by Gasteiger charge is 2.40. The zero-order valence-corrected chi connectivity index (χ0v) is 66.9. The van der Waals surface area contributed by atoms with Crippen LogP contribution >= 0.6 is 0 Å². The molecule has 0 saturated heterocycles. The van der Waals surface area contributed by atoms with E-state index >= 15 is 0 Å². The van der Waals surface area contributed by atoms with Crippen LogP contribution in [0.4, 0.5) is 0 Å². The molecule has 0 spiro atoms. The summed E-state index contributed by atoms with van der Waals surface area (Å²) in [5, 5.41) is 16.7. The lowest BCUT2D eigenvalue weighted by Crippen LogP contribution is -2.29. The topological polar surface area (TPSA) is 53.5 Å². The van der Waals surface area contributed by atoms with Crippen molar-refractivity contribution in [2.45, 2.75) is 0 Å². The maximum atomic E-state index is 5.93. The minimum Gasteiger partial charge on any atom is -0.292 e. The Bertz CT molecular complexity index is 8140. The molecule has 18 aromatic carbocycles. The highest BCUT2D eigenvalue weighted by Crippen LogP contribution is 2.54. The Labute approximate surface area is 711 Å².